The number of hydrogen-bond acceptors (Lipinski definition) is 4. The minimum absolute atomic E-state index is 0.213. The lowest BCUT2D eigenvalue weighted by Gasteiger charge is -2.16. The average molecular weight is 259 g/mol. The number of anilines is 1. The van der Waals surface area contributed by atoms with Crippen LogP contribution in [0.5, 0.6) is 0 Å². The third-order valence-electron chi connectivity index (χ3n) is 3.02. The Kier molecular flexibility index (Phi) is 3.94. The van der Waals surface area contributed by atoms with Crippen LogP contribution in [-0.4, -0.2) is 34.6 Å². The average Bonchev–Trinajstić information content (AvgIpc) is 2.43. The summed E-state index contributed by atoms with van der Waals surface area (Å²) in [4.78, 5) is 21.8. The van der Waals surface area contributed by atoms with Crippen molar-refractivity contribution in [2.75, 3.05) is 18.5 Å². The molecule has 0 atom stereocenters. The molecule has 0 saturated heterocycles. The maximum absolute atomic E-state index is 11.2. The maximum Gasteiger partial charge on any atom is 0.337 e. The van der Waals surface area contributed by atoms with Crippen LogP contribution < -0.4 is 4.90 Å². The van der Waals surface area contributed by atoms with E-state index in [0.29, 0.717) is 11.5 Å². The molecule has 0 unspecified atom stereocenters. The molecule has 0 aliphatic heterocycles. The van der Waals surface area contributed by atoms with Gasteiger partial charge in [-0.3, -0.25) is 0 Å². The Labute approximate surface area is 111 Å². The Morgan fingerprint density at radius 1 is 1.42 bits per heavy atom. The van der Waals surface area contributed by atoms with Crippen molar-refractivity contribution in [3.63, 3.8) is 0 Å². The first kappa shape index (κ1) is 13.3. The summed E-state index contributed by atoms with van der Waals surface area (Å²) < 4.78 is 0. The van der Waals surface area contributed by atoms with Crippen LogP contribution in [0, 0.1) is 0 Å². The number of rotatable bonds is 5. The van der Waals surface area contributed by atoms with Gasteiger partial charge in [0.1, 0.15) is 0 Å². The molecule has 0 bridgehead atoms. The third-order valence-corrected chi connectivity index (χ3v) is 3.02. The zero-order valence-corrected chi connectivity index (χ0v) is 11.1. The molecule has 100 valence electrons. The topological polar surface area (TPSA) is 66.3 Å². The predicted octanol–water partition coefficient (Wildman–Crippen LogP) is 2.56. The number of fused-ring (bicyclic) bond motifs is 1. The molecular weight excluding hydrogens is 242 g/mol. The normalized spacial score (nSPS) is 10.6. The van der Waals surface area contributed by atoms with Gasteiger partial charge in [-0.15, -0.1) is 0 Å². The molecule has 2 aromatic rings. The number of carboxylic acid groups (broad SMARTS) is 1. The third kappa shape index (κ3) is 2.81. The van der Waals surface area contributed by atoms with Gasteiger partial charge >= 0.3 is 5.97 Å². The van der Waals surface area contributed by atoms with E-state index < -0.39 is 5.97 Å². The van der Waals surface area contributed by atoms with Gasteiger partial charge in [-0.25, -0.2) is 14.8 Å². The van der Waals surface area contributed by atoms with Gasteiger partial charge in [0.2, 0.25) is 5.95 Å². The van der Waals surface area contributed by atoms with Crippen LogP contribution in [0.15, 0.2) is 24.4 Å². The van der Waals surface area contributed by atoms with E-state index in [-0.39, 0.29) is 5.56 Å². The SMILES string of the molecule is CCCCN(C)c1ncc2cccc(C(=O)O)c2n1. The van der Waals surface area contributed by atoms with Crippen molar-refractivity contribution >= 4 is 22.8 Å². The van der Waals surface area contributed by atoms with Crippen molar-refractivity contribution in [2.45, 2.75) is 19.8 Å². The van der Waals surface area contributed by atoms with E-state index in [1.807, 2.05) is 18.0 Å². The second-order valence-electron chi connectivity index (χ2n) is 4.49. The lowest BCUT2D eigenvalue weighted by atomic mass is 10.1. The summed E-state index contributed by atoms with van der Waals surface area (Å²) in [6.45, 7) is 2.98. The van der Waals surface area contributed by atoms with Crippen LogP contribution in [0.25, 0.3) is 10.9 Å². The van der Waals surface area contributed by atoms with Crippen LogP contribution in [0.2, 0.25) is 0 Å². The highest BCUT2D eigenvalue weighted by atomic mass is 16.4. The van der Waals surface area contributed by atoms with E-state index in [9.17, 15) is 9.90 Å². The smallest absolute Gasteiger partial charge is 0.337 e. The molecule has 0 saturated carbocycles. The number of unbranched alkanes of at least 4 members (excludes halogenated alkanes) is 1. The quantitative estimate of drug-likeness (QED) is 0.893. The highest BCUT2D eigenvalue weighted by Gasteiger charge is 2.12. The summed E-state index contributed by atoms with van der Waals surface area (Å²) in [5.74, 6) is -0.402. The Hall–Kier alpha value is -2.17. The first-order chi connectivity index (χ1) is 9.13. The molecule has 1 heterocycles. The summed E-state index contributed by atoms with van der Waals surface area (Å²) >= 11 is 0. The van der Waals surface area contributed by atoms with Gasteiger partial charge in [0.25, 0.3) is 0 Å². The Morgan fingerprint density at radius 3 is 2.89 bits per heavy atom. The fourth-order valence-corrected chi connectivity index (χ4v) is 1.90. The number of nitrogens with zero attached hydrogens (tertiary/aromatic N) is 3. The van der Waals surface area contributed by atoms with Crippen molar-refractivity contribution in [2.24, 2.45) is 0 Å². The van der Waals surface area contributed by atoms with Crippen LogP contribution in [-0.2, 0) is 0 Å². The van der Waals surface area contributed by atoms with Gasteiger partial charge in [0, 0.05) is 25.2 Å². The van der Waals surface area contributed by atoms with E-state index in [2.05, 4.69) is 16.9 Å². The molecule has 2 rings (SSSR count). The summed E-state index contributed by atoms with van der Waals surface area (Å²) in [5, 5.41) is 9.92. The number of hydrogen-bond donors (Lipinski definition) is 1. The molecule has 1 aromatic carbocycles. The number of aromatic carboxylic acids is 1. The van der Waals surface area contributed by atoms with E-state index >= 15 is 0 Å². The van der Waals surface area contributed by atoms with E-state index in [4.69, 9.17) is 0 Å². The summed E-state index contributed by atoms with van der Waals surface area (Å²) in [6, 6.07) is 5.08. The fourth-order valence-electron chi connectivity index (χ4n) is 1.90. The monoisotopic (exact) mass is 259 g/mol. The number of benzene rings is 1. The van der Waals surface area contributed by atoms with Crippen molar-refractivity contribution in [3.8, 4) is 0 Å². The standard InChI is InChI=1S/C14H17N3O2/c1-3-4-8-17(2)14-15-9-10-6-5-7-11(13(18)19)12(10)16-14/h5-7,9H,3-4,8H2,1-2H3,(H,18,19). The Morgan fingerprint density at radius 2 is 2.21 bits per heavy atom. The van der Waals surface area contributed by atoms with Crippen molar-refractivity contribution in [1.29, 1.82) is 0 Å². The molecule has 0 aliphatic rings. The van der Waals surface area contributed by atoms with Crippen LogP contribution in [0.3, 0.4) is 0 Å². The molecule has 5 heteroatoms. The summed E-state index contributed by atoms with van der Waals surface area (Å²) in [5.41, 5.74) is 0.702. The first-order valence-electron chi connectivity index (χ1n) is 6.33. The van der Waals surface area contributed by atoms with Gasteiger partial charge in [-0.2, -0.15) is 0 Å². The second kappa shape index (κ2) is 5.65. The van der Waals surface area contributed by atoms with Crippen LogP contribution in [0.4, 0.5) is 5.95 Å². The van der Waals surface area contributed by atoms with E-state index in [0.717, 1.165) is 24.8 Å². The molecule has 1 aromatic heterocycles. The lowest BCUT2D eigenvalue weighted by molar-refractivity contribution is 0.0699. The minimum atomic E-state index is -0.966. The fraction of sp³-hybridized carbons (Fsp3) is 0.357. The lowest BCUT2D eigenvalue weighted by Crippen LogP contribution is -2.21. The molecule has 0 fully saturated rings. The molecule has 5 nitrogen and oxygen atoms in total. The van der Waals surface area contributed by atoms with Gasteiger partial charge in [0.15, 0.2) is 0 Å². The first-order valence-corrected chi connectivity index (χ1v) is 6.33. The molecule has 0 aliphatic carbocycles. The van der Waals surface area contributed by atoms with E-state index in [1.165, 1.54) is 0 Å². The number of carboxylic acids is 1. The Bertz CT molecular complexity index is 598. The van der Waals surface area contributed by atoms with Crippen molar-refractivity contribution < 1.29 is 9.90 Å². The molecule has 0 radical (unpaired) electrons. The summed E-state index contributed by atoms with van der Waals surface area (Å²) in [7, 11) is 1.92. The highest BCUT2D eigenvalue weighted by Crippen LogP contribution is 2.18. The summed E-state index contributed by atoms with van der Waals surface area (Å²) in [6.07, 6.45) is 3.82. The van der Waals surface area contributed by atoms with Crippen molar-refractivity contribution in [1.82, 2.24) is 9.97 Å². The zero-order chi connectivity index (χ0) is 13.8. The molecule has 19 heavy (non-hydrogen) atoms. The van der Waals surface area contributed by atoms with Gasteiger partial charge in [0.05, 0.1) is 11.1 Å². The van der Waals surface area contributed by atoms with Gasteiger partial charge in [-0.1, -0.05) is 25.5 Å². The largest absolute Gasteiger partial charge is 0.478 e. The van der Waals surface area contributed by atoms with Gasteiger partial charge in [-0.05, 0) is 12.5 Å². The zero-order valence-electron chi connectivity index (χ0n) is 11.1. The Balaban J connectivity index is 2.43. The molecular formula is C14H17N3O2. The van der Waals surface area contributed by atoms with E-state index in [1.54, 1.807) is 18.3 Å². The maximum atomic E-state index is 11.2. The number of aromatic nitrogens is 2. The van der Waals surface area contributed by atoms with Crippen LogP contribution >= 0.6 is 0 Å². The minimum Gasteiger partial charge on any atom is -0.478 e. The van der Waals surface area contributed by atoms with Gasteiger partial charge < -0.3 is 10.0 Å². The van der Waals surface area contributed by atoms with Crippen molar-refractivity contribution in [3.05, 3.63) is 30.0 Å². The number of para-hydroxylation sites is 1. The second-order valence-corrected chi connectivity index (χ2v) is 4.49. The number of carbonyl (C=O) groups is 1. The predicted molar refractivity (Wildman–Crippen MR) is 74.7 cm³/mol. The highest BCUT2D eigenvalue weighted by molar-refractivity contribution is 6.01. The molecule has 0 amide bonds. The molecule has 0 spiro atoms. The van der Waals surface area contributed by atoms with Crippen LogP contribution in [0.1, 0.15) is 30.1 Å². The molecule has 1 N–H and O–H groups in total.